The van der Waals surface area contributed by atoms with Crippen LogP contribution in [0.25, 0.3) is 27.8 Å². The Labute approximate surface area is 189 Å². The van der Waals surface area contributed by atoms with E-state index in [0.29, 0.717) is 0 Å². The number of rotatable bonds is 4. The number of H-pyrrole nitrogens is 1. The van der Waals surface area contributed by atoms with Gasteiger partial charge in [-0.15, -0.1) is 15.3 Å². The highest BCUT2D eigenvalue weighted by atomic mass is 16.4. The van der Waals surface area contributed by atoms with E-state index in [1.807, 2.05) is 31.3 Å². The number of piperidine rings is 1. The van der Waals surface area contributed by atoms with Crippen LogP contribution in [-0.2, 0) is 0 Å². The number of anilines is 1. The van der Waals surface area contributed by atoms with Crippen molar-refractivity contribution in [2.75, 3.05) is 11.9 Å². The molecule has 1 aromatic carbocycles. The van der Waals surface area contributed by atoms with E-state index < -0.39 is 6.09 Å². The second-order valence-electron chi connectivity index (χ2n) is 8.73. The van der Waals surface area contributed by atoms with Crippen LogP contribution in [0.15, 0.2) is 42.9 Å². The third-order valence-corrected chi connectivity index (χ3v) is 7.03. The number of aromatic nitrogens is 7. The Balaban J connectivity index is 1.25. The van der Waals surface area contributed by atoms with Crippen LogP contribution in [0, 0.1) is 0 Å². The Morgan fingerprint density at radius 2 is 1.97 bits per heavy atom. The Morgan fingerprint density at radius 1 is 1.15 bits per heavy atom. The SMILES string of the molecule is CN(c1ccc(-c2ccc(-n3ccnn3)c3cn[nH]c23)nn1)[C@@H]1C[C@H]2CC[C@@H](C1)N2C(=O)O. The lowest BCUT2D eigenvalue weighted by atomic mass is 9.96. The predicted molar refractivity (Wildman–Crippen MR) is 120 cm³/mol. The highest BCUT2D eigenvalue weighted by Gasteiger charge is 2.44. The zero-order valence-electron chi connectivity index (χ0n) is 18.0. The summed E-state index contributed by atoms with van der Waals surface area (Å²) in [5, 5.41) is 34.7. The van der Waals surface area contributed by atoms with Gasteiger partial charge < -0.3 is 14.9 Å². The van der Waals surface area contributed by atoms with Gasteiger partial charge in [0.1, 0.15) is 0 Å². The number of carboxylic acid groups (broad SMARTS) is 1. The van der Waals surface area contributed by atoms with Crippen molar-refractivity contribution in [1.82, 2.24) is 40.3 Å². The standard InChI is InChI=1S/C22H23N9O2/c1-29(15-10-13-2-3-14(11-15)31(13)22(32)33)20-7-5-18(25-26-20)16-4-6-19(30-9-8-23-28-30)17-12-24-27-21(16)17/h4-9,12-15H,2-3,10-11H2,1H3,(H,24,27)(H,32,33)/t13-,14+,15-. The maximum Gasteiger partial charge on any atom is 0.407 e. The van der Waals surface area contributed by atoms with Crippen molar-refractivity contribution in [2.24, 2.45) is 0 Å². The van der Waals surface area contributed by atoms with Crippen LogP contribution >= 0.6 is 0 Å². The number of hydrogen-bond acceptors (Lipinski definition) is 7. The van der Waals surface area contributed by atoms with E-state index in [0.717, 1.165) is 59.3 Å². The van der Waals surface area contributed by atoms with E-state index in [4.69, 9.17) is 0 Å². The molecule has 2 fully saturated rings. The van der Waals surface area contributed by atoms with E-state index >= 15 is 0 Å². The lowest BCUT2D eigenvalue weighted by Crippen LogP contribution is -2.51. The molecule has 6 rings (SSSR count). The summed E-state index contributed by atoms with van der Waals surface area (Å²) >= 11 is 0. The topological polar surface area (TPSA) is 129 Å². The minimum Gasteiger partial charge on any atom is -0.465 e. The van der Waals surface area contributed by atoms with Crippen LogP contribution in [0.1, 0.15) is 25.7 Å². The van der Waals surface area contributed by atoms with Gasteiger partial charge in [-0.25, -0.2) is 9.48 Å². The molecule has 168 valence electrons. The van der Waals surface area contributed by atoms with Crippen molar-refractivity contribution >= 4 is 22.8 Å². The fraction of sp³-hybridized carbons (Fsp3) is 0.364. The molecule has 0 radical (unpaired) electrons. The normalized spacial score (nSPS) is 22.1. The summed E-state index contributed by atoms with van der Waals surface area (Å²) < 4.78 is 1.70. The molecule has 4 aromatic rings. The van der Waals surface area contributed by atoms with Gasteiger partial charge in [0.2, 0.25) is 0 Å². The molecule has 1 amide bonds. The van der Waals surface area contributed by atoms with Gasteiger partial charge in [-0.3, -0.25) is 5.10 Å². The predicted octanol–water partition coefficient (Wildman–Crippen LogP) is 2.71. The number of nitrogens with one attached hydrogen (secondary N) is 1. The number of fused-ring (bicyclic) bond motifs is 3. The molecule has 5 heterocycles. The molecule has 0 spiro atoms. The van der Waals surface area contributed by atoms with Crippen molar-refractivity contribution in [3.63, 3.8) is 0 Å². The molecule has 2 bridgehead atoms. The van der Waals surface area contributed by atoms with Gasteiger partial charge in [0.25, 0.3) is 0 Å². The molecule has 2 aliphatic heterocycles. The first-order valence-corrected chi connectivity index (χ1v) is 11.0. The zero-order chi connectivity index (χ0) is 22.5. The van der Waals surface area contributed by atoms with Gasteiger partial charge in [0.15, 0.2) is 5.82 Å². The van der Waals surface area contributed by atoms with E-state index in [9.17, 15) is 9.90 Å². The molecule has 3 atom stereocenters. The van der Waals surface area contributed by atoms with Crippen molar-refractivity contribution in [3.05, 3.63) is 42.9 Å². The van der Waals surface area contributed by atoms with Crippen molar-refractivity contribution in [2.45, 2.75) is 43.8 Å². The molecule has 0 unspecified atom stereocenters. The lowest BCUT2D eigenvalue weighted by molar-refractivity contribution is 0.0965. The van der Waals surface area contributed by atoms with Gasteiger partial charge in [-0.05, 0) is 49.9 Å². The van der Waals surface area contributed by atoms with Crippen LogP contribution in [0.3, 0.4) is 0 Å². The molecule has 2 saturated heterocycles. The molecular weight excluding hydrogens is 422 g/mol. The third kappa shape index (κ3) is 3.19. The van der Waals surface area contributed by atoms with Crippen LogP contribution in [0.4, 0.5) is 10.6 Å². The summed E-state index contributed by atoms with van der Waals surface area (Å²) in [5.41, 5.74) is 3.39. The van der Waals surface area contributed by atoms with E-state index in [-0.39, 0.29) is 18.1 Å². The highest BCUT2D eigenvalue weighted by molar-refractivity contribution is 5.97. The largest absolute Gasteiger partial charge is 0.465 e. The summed E-state index contributed by atoms with van der Waals surface area (Å²) in [7, 11) is 2.02. The molecule has 3 aromatic heterocycles. The Hall–Kier alpha value is -4.02. The maximum absolute atomic E-state index is 11.6. The van der Waals surface area contributed by atoms with E-state index in [2.05, 4.69) is 35.6 Å². The fourth-order valence-corrected chi connectivity index (χ4v) is 5.39. The smallest absolute Gasteiger partial charge is 0.407 e. The summed E-state index contributed by atoms with van der Waals surface area (Å²) in [6, 6.07) is 8.32. The first-order valence-electron chi connectivity index (χ1n) is 11.0. The minimum absolute atomic E-state index is 0.0955. The van der Waals surface area contributed by atoms with Crippen LogP contribution in [0.2, 0.25) is 0 Å². The van der Waals surface area contributed by atoms with Gasteiger partial charge in [0.05, 0.1) is 35.5 Å². The van der Waals surface area contributed by atoms with Crippen LogP contribution in [-0.4, -0.2) is 76.7 Å². The quantitative estimate of drug-likeness (QED) is 0.491. The second-order valence-corrected chi connectivity index (χ2v) is 8.73. The number of aromatic amines is 1. The summed E-state index contributed by atoms with van der Waals surface area (Å²) in [6.07, 6.45) is 7.92. The third-order valence-electron chi connectivity index (χ3n) is 7.03. The van der Waals surface area contributed by atoms with Gasteiger partial charge >= 0.3 is 6.09 Å². The second kappa shape index (κ2) is 7.54. The Kier molecular flexibility index (Phi) is 4.49. The average molecular weight is 445 g/mol. The molecule has 0 aliphatic carbocycles. The molecule has 2 aliphatic rings. The van der Waals surface area contributed by atoms with Crippen molar-refractivity contribution in [3.8, 4) is 16.9 Å². The number of amides is 1. The molecular formula is C22H23N9O2. The summed E-state index contributed by atoms with van der Waals surface area (Å²) in [6.45, 7) is 0. The summed E-state index contributed by atoms with van der Waals surface area (Å²) in [4.78, 5) is 15.4. The summed E-state index contributed by atoms with van der Waals surface area (Å²) in [5.74, 6) is 0.784. The van der Waals surface area contributed by atoms with Crippen molar-refractivity contribution in [1.29, 1.82) is 0 Å². The fourth-order valence-electron chi connectivity index (χ4n) is 5.39. The highest BCUT2D eigenvalue weighted by Crippen LogP contribution is 2.38. The zero-order valence-corrected chi connectivity index (χ0v) is 18.0. The maximum atomic E-state index is 11.6. The molecule has 11 heteroatoms. The molecule has 11 nitrogen and oxygen atoms in total. The molecule has 33 heavy (non-hydrogen) atoms. The van der Waals surface area contributed by atoms with Gasteiger partial charge in [0, 0.05) is 36.1 Å². The van der Waals surface area contributed by atoms with Crippen molar-refractivity contribution < 1.29 is 9.90 Å². The van der Waals surface area contributed by atoms with Crippen LogP contribution in [0.5, 0.6) is 0 Å². The monoisotopic (exact) mass is 445 g/mol. The van der Waals surface area contributed by atoms with Gasteiger partial charge in [-0.1, -0.05) is 5.21 Å². The van der Waals surface area contributed by atoms with Gasteiger partial charge in [-0.2, -0.15) is 5.10 Å². The number of nitrogens with zero attached hydrogens (tertiary/aromatic N) is 8. The number of hydrogen-bond donors (Lipinski definition) is 2. The average Bonchev–Trinajstić information content (AvgIpc) is 3.58. The Bertz CT molecular complexity index is 1290. The van der Waals surface area contributed by atoms with E-state index in [1.54, 1.807) is 28.2 Å². The molecule has 0 saturated carbocycles. The first-order chi connectivity index (χ1) is 16.1. The van der Waals surface area contributed by atoms with E-state index in [1.165, 1.54) is 0 Å². The first kappa shape index (κ1) is 19.6. The Morgan fingerprint density at radius 3 is 2.64 bits per heavy atom. The lowest BCUT2D eigenvalue weighted by Gasteiger charge is -2.41. The number of carbonyl (C=O) groups is 1. The van der Waals surface area contributed by atoms with Crippen LogP contribution < -0.4 is 4.90 Å². The minimum atomic E-state index is -0.798. The molecule has 2 N–H and O–H groups in total. The number of benzene rings is 1.